The van der Waals surface area contributed by atoms with Gasteiger partial charge in [-0.3, -0.25) is 14.6 Å². The Bertz CT molecular complexity index is 558. The Hall–Kier alpha value is -1.80. The first-order chi connectivity index (χ1) is 11.2. The molecule has 1 aliphatic heterocycles. The third-order valence-corrected chi connectivity index (χ3v) is 4.11. The molecule has 1 amide bonds. The Morgan fingerprint density at radius 3 is 2.54 bits per heavy atom. The smallest absolute Gasteiger partial charge is 0.405 e. The van der Waals surface area contributed by atoms with Crippen molar-refractivity contribution < 1.29 is 23.1 Å². The van der Waals surface area contributed by atoms with Gasteiger partial charge in [0, 0.05) is 32.7 Å². The first-order valence-electron chi connectivity index (χ1n) is 7.83. The second-order valence-electron chi connectivity index (χ2n) is 5.99. The fraction of sp³-hybridized carbons (Fsp3) is 0.562. The molecule has 0 radical (unpaired) electrons. The molecule has 1 fully saturated rings. The number of alkyl halides is 3. The van der Waals surface area contributed by atoms with Crippen LogP contribution in [-0.2, 0) is 11.3 Å². The summed E-state index contributed by atoms with van der Waals surface area (Å²) in [6, 6.07) is 6.45. The summed E-state index contributed by atoms with van der Waals surface area (Å²) in [4.78, 5) is 15.9. The van der Waals surface area contributed by atoms with Crippen molar-refractivity contribution in [3.8, 4) is 5.75 Å². The molecule has 1 heterocycles. The summed E-state index contributed by atoms with van der Waals surface area (Å²) < 4.78 is 36.5. The summed E-state index contributed by atoms with van der Waals surface area (Å²) in [5, 5.41) is 11.4. The van der Waals surface area contributed by atoms with Crippen molar-refractivity contribution in [2.45, 2.75) is 25.7 Å². The van der Waals surface area contributed by atoms with Crippen LogP contribution in [0, 0.1) is 0 Å². The summed E-state index contributed by atoms with van der Waals surface area (Å²) >= 11 is 0. The number of halogens is 3. The molecule has 0 saturated carbocycles. The summed E-state index contributed by atoms with van der Waals surface area (Å²) in [5.74, 6) is -0.380. The standard InChI is InChI=1S/C16H22F3N3O2/c1-12(15(24)20-11-16(17,18)19)22-7-5-21(6-8-22)10-13-3-2-4-14(23)9-13/h2-4,9,12,23H,5-8,10-11H2,1H3,(H,20,24). The monoisotopic (exact) mass is 345 g/mol. The largest absolute Gasteiger partial charge is 0.508 e. The van der Waals surface area contributed by atoms with Crippen molar-refractivity contribution in [1.82, 2.24) is 15.1 Å². The van der Waals surface area contributed by atoms with Crippen molar-refractivity contribution in [1.29, 1.82) is 0 Å². The van der Waals surface area contributed by atoms with Gasteiger partial charge in [0.05, 0.1) is 6.04 Å². The molecule has 1 aliphatic rings. The van der Waals surface area contributed by atoms with E-state index in [2.05, 4.69) is 4.90 Å². The van der Waals surface area contributed by atoms with E-state index in [1.54, 1.807) is 25.1 Å². The lowest BCUT2D eigenvalue weighted by Crippen LogP contribution is -2.54. The zero-order chi connectivity index (χ0) is 17.7. The van der Waals surface area contributed by atoms with Gasteiger partial charge in [0.15, 0.2) is 0 Å². The summed E-state index contributed by atoms with van der Waals surface area (Å²) in [5.41, 5.74) is 0.999. The zero-order valence-corrected chi connectivity index (χ0v) is 13.5. The maximum absolute atomic E-state index is 12.2. The fourth-order valence-electron chi connectivity index (χ4n) is 2.72. The van der Waals surface area contributed by atoms with Gasteiger partial charge < -0.3 is 10.4 Å². The van der Waals surface area contributed by atoms with Crippen LogP contribution in [0.15, 0.2) is 24.3 Å². The van der Waals surface area contributed by atoms with Crippen LogP contribution in [0.3, 0.4) is 0 Å². The van der Waals surface area contributed by atoms with E-state index in [0.29, 0.717) is 32.7 Å². The van der Waals surface area contributed by atoms with Crippen molar-refractivity contribution >= 4 is 5.91 Å². The van der Waals surface area contributed by atoms with E-state index in [-0.39, 0.29) is 5.75 Å². The van der Waals surface area contributed by atoms with Crippen molar-refractivity contribution in [3.63, 3.8) is 0 Å². The van der Waals surface area contributed by atoms with E-state index in [1.807, 2.05) is 16.3 Å². The molecule has 0 spiro atoms. The van der Waals surface area contributed by atoms with Crippen LogP contribution in [0.25, 0.3) is 0 Å². The van der Waals surface area contributed by atoms with Gasteiger partial charge in [-0.25, -0.2) is 0 Å². The minimum Gasteiger partial charge on any atom is -0.508 e. The van der Waals surface area contributed by atoms with Crippen LogP contribution in [0.5, 0.6) is 5.75 Å². The molecule has 0 aromatic heterocycles. The Morgan fingerprint density at radius 2 is 1.96 bits per heavy atom. The summed E-state index contributed by atoms with van der Waals surface area (Å²) in [6.07, 6.45) is -4.39. The maximum Gasteiger partial charge on any atom is 0.405 e. The van der Waals surface area contributed by atoms with Crippen LogP contribution in [0.2, 0.25) is 0 Å². The van der Waals surface area contributed by atoms with Crippen LogP contribution in [-0.4, -0.2) is 65.8 Å². The highest BCUT2D eigenvalue weighted by Crippen LogP contribution is 2.16. The van der Waals surface area contributed by atoms with E-state index in [1.165, 1.54) is 0 Å². The lowest BCUT2D eigenvalue weighted by atomic mass is 10.1. The lowest BCUT2D eigenvalue weighted by molar-refractivity contribution is -0.141. The van der Waals surface area contributed by atoms with Crippen LogP contribution in [0.1, 0.15) is 12.5 Å². The SMILES string of the molecule is CC(C(=O)NCC(F)(F)F)N1CCN(Cc2cccc(O)c2)CC1. The Balaban J connectivity index is 1.78. The molecule has 8 heteroatoms. The van der Waals surface area contributed by atoms with Crippen LogP contribution < -0.4 is 5.32 Å². The topological polar surface area (TPSA) is 55.8 Å². The predicted molar refractivity (Wildman–Crippen MR) is 83.5 cm³/mol. The molecular formula is C16H22F3N3O2. The van der Waals surface area contributed by atoms with Crippen molar-refractivity contribution in [2.75, 3.05) is 32.7 Å². The second kappa shape index (κ2) is 7.85. The highest BCUT2D eigenvalue weighted by Gasteiger charge is 2.31. The van der Waals surface area contributed by atoms with Crippen LogP contribution in [0.4, 0.5) is 13.2 Å². The Kier molecular flexibility index (Phi) is 6.06. The molecule has 1 atom stereocenters. The Morgan fingerprint density at radius 1 is 1.29 bits per heavy atom. The Labute approximate surface area is 139 Å². The highest BCUT2D eigenvalue weighted by atomic mass is 19.4. The number of piperazine rings is 1. The number of carbonyl (C=O) groups is 1. The average molecular weight is 345 g/mol. The molecule has 1 aromatic rings. The van der Waals surface area contributed by atoms with Gasteiger partial charge in [0.25, 0.3) is 0 Å². The van der Waals surface area contributed by atoms with Gasteiger partial charge >= 0.3 is 6.18 Å². The number of aromatic hydroxyl groups is 1. The number of hydrogen-bond acceptors (Lipinski definition) is 4. The van der Waals surface area contributed by atoms with Gasteiger partial charge in [-0.2, -0.15) is 13.2 Å². The predicted octanol–water partition coefficient (Wildman–Crippen LogP) is 1.58. The number of benzene rings is 1. The van der Waals surface area contributed by atoms with E-state index in [9.17, 15) is 23.1 Å². The molecule has 134 valence electrons. The molecule has 0 aliphatic carbocycles. The van der Waals surface area contributed by atoms with Crippen molar-refractivity contribution in [2.24, 2.45) is 0 Å². The molecule has 2 rings (SSSR count). The number of phenolic OH excluding ortho intramolecular Hbond substituents is 1. The fourth-order valence-corrected chi connectivity index (χ4v) is 2.72. The molecule has 5 nitrogen and oxygen atoms in total. The highest BCUT2D eigenvalue weighted by molar-refractivity contribution is 5.81. The number of phenols is 1. The van der Waals surface area contributed by atoms with Gasteiger partial charge in [0.2, 0.25) is 5.91 Å². The third kappa shape index (κ3) is 5.68. The van der Waals surface area contributed by atoms with E-state index in [0.717, 1.165) is 5.56 Å². The zero-order valence-electron chi connectivity index (χ0n) is 13.5. The van der Waals surface area contributed by atoms with E-state index in [4.69, 9.17) is 0 Å². The van der Waals surface area contributed by atoms with Crippen molar-refractivity contribution in [3.05, 3.63) is 29.8 Å². The summed E-state index contributed by atoms with van der Waals surface area (Å²) in [6.45, 7) is 3.67. The molecule has 2 N–H and O–H groups in total. The quantitative estimate of drug-likeness (QED) is 0.851. The molecule has 1 saturated heterocycles. The number of amides is 1. The minimum absolute atomic E-state index is 0.223. The maximum atomic E-state index is 12.2. The third-order valence-electron chi connectivity index (χ3n) is 4.11. The molecule has 24 heavy (non-hydrogen) atoms. The van der Waals surface area contributed by atoms with Gasteiger partial charge in [-0.05, 0) is 24.6 Å². The number of rotatable bonds is 5. The molecule has 0 bridgehead atoms. The number of carbonyl (C=O) groups excluding carboxylic acids is 1. The van der Waals surface area contributed by atoms with Gasteiger partial charge in [-0.1, -0.05) is 12.1 Å². The number of nitrogens with one attached hydrogen (secondary N) is 1. The summed E-state index contributed by atoms with van der Waals surface area (Å²) in [7, 11) is 0. The molecular weight excluding hydrogens is 323 g/mol. The first-order valence-corrected chi connectivity index (χ1v) is 7.83. The van der Waals surface area contributed by atoms with E-state index < -0.39 is 24.7 Å². The minimum atomic E-state index is -4.39. The van der Waals surface area contributed by atoms with Crippen LogP contribution >= 0.6 is 0 Å². The molecule has 1 aromatic carbocycles. The lowest BCUT2D eigenvalue weighted by Gasteiger charge is -2.37. The number of hydrogen-bond donors (Lipinski definition) is 2. The van der Waals surface area contributed by atoms with Gasteiger partial charge in [-0.15, -0.1) is 0 Å². The normalized spacial score (nSPS) is 18.3. The van der Waals surface area contributed by atoms with E-state index >= 15 is 0 Å². The average Bonchev–Trinajstić information content (AvgIpc) is 2.52. The van der Waals surface area contributed by atoms with Gasteiger partial charge in [0.1, 0.15) is 12.3 Å². The number of nitrogens with zero attached hydrogens (tertiary/aromatic N) is 2. The first kappa shape index (κ1) is 18.5. The second-order valence-corrected chi connectivity index (χ2v) is 5.99. The molecule has 1 unspecified atom stereocenters.